The summed E-state index contributed by atoms with van der Waals surface area (Å²) >= 11 is 1.75. The number of hydrogen-bond donors (Lipinski definition) is 2. The second-order valence-electron chi connectivity index (χ2n) is 7.85. The normalized spacial score (nSPS) is 13.8. The molecule has 1 amide bonds. The molecule has 7 nitrogen and oxygen atoms in total. The number of aromatic nitrogens is 2. The van der Waals surface area contributed by atoms with Gasteiger partial charge in [-0.2, -0.15) is 0 Å². The topological polar surface area (TPSA) is 93.4 Å². The number of nitrogens with one attached hydrogen (secondary N) is 1. The molecule has 31 heavy (non-hydrogen) atoms. The van der Waals surface area contributed by atoms with Crippen molar-refractivity contribution in [3.8, 4) is 5.75 Å². The van der Waals surface area contributed by atoms with Crippen molar-refractivity contribution in [1.82, 2.24) is 14.9 Å². The van der Waals surface area contributed by atoms with Crippen LogP contribution in [0, 0.1) is 0 Å². The number of rotatable bonds is 7. The van der Waals surface area contributed by atoms with Crippen molar-refractivity contribution in [3.05, 3.63) is 40.5 Å². The number of hydrogen-bond acceptors (Lipinski definition) is 7. The summed E-state index contributed by atoms with van der Waals surface area (Å²) < 4.78 is 5.21. The number of carbonyl (C=O) groups is 1. The quantitative estimate of drug-likeness (QED) is 0.540. The third-order valence-electron chi connectivity index (χ3n) is 5.67. The SMILES string of the molecule is CCN(CC(=O)Nc1cccc(OC)c1)Cc1nc(N)c2c3c(sc2n1)CCCCC3. The molecule has 4 rings (SSSR count). The van der Waals surface area contributed by atoms with E-state index in [4.69, 9.17) is 15.5 Å². The van der Waals surface area contributed by atoms with E-state index in [0.29, 0.717) is 36.2 Å². The molecule has 3 aromatic rings. The highest BCUT2D eigenvalue weighted by Crippen LogP contribution is 2.37. The Bertz CT molecular complexity index is 1080. The lowest BCUT2D eigenvalue weighted by Gasteiger charge is -2.19. The van der Waals surface area contributed by atoms with Crippen molar-refractivity contribution in [2.45, 2.75) is 45.6 Å². The highest BCUT2D eigenvalue weighted by Gasteiger charge is 2.20. The molecule has 3 N–H and O–H groups in total. The van der Waals surface area contributed by atoms with E-state index in [9.17, 15) is 4.79 Å². The molecule has 0 atom stereocenters. The summed E-state index contributed by atoms with van der Waals surface area (Å²) in [6.45, 7) is 3.45. The Morgan fingerprint density at radius 1 is 1.26 bits per heavy atom. The standard InChI is InChI=1S/C23H29N5O2S/c1-3-28(14-20(29)25-15-8-7-9-16(12-15)30-2)13-19-26-22(24)21-17-10-5-4-6-11-18(17)31-23(21)27-19/h7-9,12H,3-6,10-11,13-14H2,1-2H3,(H,25,29)(H2,24,26,27). The first-order valence-electron chi connectivity index (χ1n) is 10.8. The van der Waals surface area contributed by atoms with Gasteiger partial charge >= 0.3 is 0 Å². The minimum Gasteiger partial charge on any atom is -0.497 e. The zero-order chi connectivity index (χ0) is 21.8. The van der Waals surface area contributed by atoms with E-state index in [2.05, 4.69) is 10.3 Å². The number of likely N-dealkylation sites (N-methyl/N-ethyl adjacent to an activating group) is 1. The highest BCUT2D eigenvalue weighted by atomic mass is 32.1. The Kier molecular flexibility index (Phi) is 6.67. The largest absolute Gasteiger partial charge is 0.497 e. The summed E-state index contributed by atoms with van der Waals surface area (Å²) in [5.74, 6) is 1.84. The van der Waals surface area contributed by atoms with Crippen molar-refractivity contribution in [2.75, 3.05) is 31.2 Å². The van der Waals surface area contributed by atoms with Gasteiger partial charge in [0, 0.05) is 16.6 Å². The van der Waals surface area contributed by atoms with Gasteiger partial charge in [-0.15, -0.1) is 11.3 Å². The summed E-state index contributed by atoms with van der Waals surface area (Å²) in [4.78, 5) is 26.4. The Labute approximate surface area is 186 Å². The van der Waals surface area contributed by atoms with Gasteiger partial charge in [-0.05, 0) is 49.9 Å². The lowest BCUT2D eigenvalue weighted by Crippen LogP contribution is -2.33. The molecule has 164 valence electrons. The minimum atomic E-state index is -0.0907. The number of nitrogen functional groups attached to an aromatic ring is 1. The molecule has 1 aliphatic rings. The van der Waals surface area contributed by atoms with Crippen molar-refractivity contribution in [1.29, 1.82) is 0 Å². The predicted octanol–water partition coefficient (Wildman–Crippen LogP) is 4.01. The van der Waals surface area contributed by atoms with E-state index >= 15 is 0 Å². The number of fused-ring (bicyclic) bond motifs is 3. The van der Waals surface area contributed by atoms with E-state index < -0.39 is 0 Å². The number of carbonyl (C=O) groups excluding carboxylic acids is 1. The van der Waals surface area contributed by atoms with E-state index in [-0.39, 0.29) is 12.5 Å². The van der Waals surface area contributed by atoms with Gasteiger partial charge in [0.15, 0.2) is 0 Å². The third-order valence-corrected chi connectivity index (χ3v) is 6.86. The van der Waals surface area contributed by atoms with E-state index in [1.165, 1.54) is 29.7 Å². The van der Waals surface area contributed by atoms with Gasteiger partial charge in [0.25, 0.3) is 0 Å². The average molecular weight is 440 g/mol. The second kappa shape index (κ2) is 9.62. The minimum absolute atomic E-state index is 0.0907. The maximum absolute atomic E-state index is 12.6. The van der Waals surface area contributed by atoms with Crippen LogP contribution in [0.1, 0.15) is 42.5 Å². The Hall–Kier alpha value is -2.71. The van der Waals surface area contributed by atoms with Crippen LogP contribution >= 0.6 is 11.3 Å². The van der Waals surface area contributed by atoms with Crippen LogP contribution in [0.3, 0.4) is 0 Å². The summed E-state index contributed by atoms with van der Waals surface area (Å²) in [6.07, 6.45) is 5.87. The molecule has 0 bridgehead atoms. The molecule has 2 heterocycles. The van der Waals surface area contributed by atoms with E-state index in [1.54, 1.807) is 24.5 Å². The zero-order valence-electron chi connectivity index (χ0n) is 18.1. The maximum Gasteiger partial charge on any atom is 0.238 e. The lowest BCUT2D eigenvalue weighted by molar-refractivity contribution is -0.117. The molecule has 1 aliphatic carbocycles. The first-order chi connectivity index (χ1) is 15.1. The fourth-order valence-corrected chi connectivity index (χ4v) is 5.35. The zero-order valence-corrected chi connectivity index (χ0v) is 18.9. The fraction of sp³-hybridized carbons (Fsp3) is 0.435. The smallest absolute Gasteiger partial charge is 0.238 e. The Morgan fingerprint density at radius 3 is 2.90 bits per heavy atom. The van der Waals surface area contributed by atoms with Crippen LogP contribution in [-0.2, 0) is 24.2 Å². The molecule has 0 fully saturated rings. The highest BCUT2D eigenvalue weighted by molar-refractivity contribution is 7.19. The molecule has 0 saturated heterocycles. The number of benzene rings is 1. The van der Waals surface area contributed by atoms with Crippen molar-refractivity contribution < 1.29 is 9.53 Å². The number of nitrogens with two attached hydrogens (primary N) is 1. The van der Waals surface area contributed by atoms with Crippen LogP contribution in [0.4, 0.5) is 11.5 Å². The van der Waals surface area contributed by atoms with Crippen LogP contribution < -0.4 is 15.8 Å². The van der Waals surface area contributed by atoms with Crippen molar-refractivity contribution in [2.24, 2.45) is 0 Å². The summed E-state index contributed by atoms with van der Waals surface area (Å²) in [6, 6.07) is 7.33. The maximum atomic E-state index is 12.6. The van der Waals surface area contributed by atoms with Gasteiger partial charge in [0.1, 0.15) is 22.2 Å². The van der Waals surface area contributed by atoms with Crippen LogP contribution in [0.2, 0.25) is 0 Å². The molecular formula is C23H29N5O2S. The van der Waals surface area contributed by atoms with E-state index in [1.807, 2.05) is 30.0 Å². The van der Waals surface area contributed by atoms with Crippen LogP contribution in [-0.4, -0.2) is 41.0 Å². The monoisotopic (exact) mass is 439 g/mol. The van der Waals surface area contributed by atoms with Crippen molar-refractivity contribution in [3.63, 3.8) is 0 Å². The lowest BCUT2D eigenvalue weighted by atomic mass is 10.1. The van der Waals surface area contributed by atoms with Gasteiger partial charge in [-0.3, -0.25) is 9.69 Å². The predicted molar refractivity (Wildman–Crippen MR) is 126 cm³/mol. The summed E-state index contributed by atoms with van der Waals surface area (Å²) in [5.41, 5.74) is 8.43. The number of amides is 1. The molecule has 0 unspecified atom stereocenters. The number of anilines is 2. The van der Waals surface area contributed by atoms with Gasteiger partial charge in [0.2, 0.25) is 5.91 Å². The number of thiophene rings is 1. The van der Waals surface area contributed by atoms with Crippen molar-refractivity contribution >= 4 is 39.0 Å². The third kappa shape index (κ3) is 4.97. The summed E-state index contributed by atoms with van der Waals surface area (Å²) in [7, 11) is 1.61. The second-order valence-corrected chi connectivity index (χ2v) is 8.94. The van der Waals surface area contributed by atoms with Crippen LogP contribution in [0.15, 0.2) is 24.3 Å². The van der Waals surface area contributed by atoms with Crippen LogP contribution in [0.5, 0.6) is 5.75 Å². The molecule has 2 aromatic heterocycles. The van der Waals surface area contributed by atoms with Gasteiger partial charge < -0.3 is 15.8 Å². The number of nitrogens with zero attached hydrogens (tertiary/aromatic N) is 3. The number of aryl methyl sites for hydroxylation is 2. The van der Waals surface area contributed by atoms with Gasteiger partial charge in [-0.25, -0.2) is 9.97 Å². The first-order valence-corrected chi connectivity index (χ1v) is 11.6. The van der Waals surface area contributed by atoms with E-state index in [0.717, 1.165) is 23.1 Å². The first kappa shape index (κ1) is 21.5. The molecule has 0 spiro atoms. The molecule has 1 aromatic carbocycles. The summed E-state index contributed by atoms with van der Waals surface area (Å²) in [5, 5.41) is 3.97. The number of methoxy groups -OCH3 is 1. The number of ether oxygens (including phenoxy) is 1. The Balaban J connectivity index is 1.47. The molecule has 0 radical (unpaired) electrons. The molecule has 0 aliphatic heterocycles. The molecular weight excluding hydrogens is 410 g/mol. The molecule has 8 heteroatoms. The van der Waals surface area contributed by atoms with Gasteiger partial charge in [0.05, 0.1) is 25.6 Å². The van der Waals surface area contributed by atoms with Crippen LogP contribution in [0.25, 0.3) is 10.2 Å². The average Bonchev–Trinajstić information content (AvgIpc) is 2.95. The van der Waals surface area contributed by atoms with Gasteiger partial charge in [-0.1, -0.05) is 19.4 Å². The Morgan fingerprint density at radius 2 is 2.10 bits per heavy atom. The fourth-order valence-electron chi connectivity index (χ4n) is 4.06. The molecule has 0 saturated carbocycles.